The molecule has 0 radical (unpaired) electrons. The second kappa shape index (κ2) is 4.52. The maximum absolute atomic E-state index is 12.0. The van der Waals surface area contributed by atoms with Gasteiger partial charge in [0.15, 0.2) is 6.29 Å². The monoisotopic (exact) mass is 246 g/mol. The maximum atomic E-state index is 12.0. The van der Waals surface area contributed by atoms with Crippen LogP contribution in [0.2, 0.25) is 0 Å². The second-order valence-electron chi connectivity index (χ2n) is 5.75. The van der Waals surface area contributed by atoms with Gasteiger partial charge in [0.1, 0.15) is 0 Å². The number of pyridine rings is 1. The summed E-state index contributed by atoms with van der Waals surface area (Å²) in [4.78, 5) is 27.4. The van der Waals surface area contributed by atoms with Crippen molar-refractivity contribution in [3.8, 4) is 0 Å². The smallest absolute Gasteiger partial charge is 0.229 e. The first-order valence-corrected chi connectivity index (χ1v) is 6.19. The lowest BCUT2D eigenvalue weighted by Crippen LogP contribution is -2.28. The molecule has 0 atom stereocenters. The van der Waals surface area contributed by atoms with E-state index < -0.39 is 5.41 Å². The average molecular weight is 246 g/mol. The van der Waals surface area contributed by atoms with Crippen LogP contribution in [0.3, 0.4) is 0 Å². The van der Waals surface area contributed by atoms with Gasteiger partial charge in [-0.15, -0.1) is 0 Å². The molecule has 1 aliphatic carbocycles. The van der Waals surface area contributed by atoms with Crippen molar-refractivity contribution in [1.82, 2.24) is 4.98 Å². The van der Waals surface area contributed by atoms with Gasteiger partial charge in [0.2, 0.25) is 5.91 Å². The van der Waals surface area contributed by atoms with Crippen LogP contribution < -0.4 is 5.32 Å². The first-order valence-electron chi connectivity index (χ1n) is 6.19. The third kappa shape index (κ3) is 2.58. The zero-order chi connectivity index (χ0) is 13.3. The molecule has 0 saturated heterocycles. The number of carbonyl (C=O) groups excluding carboxylic acids is 2. The molecule has 2 rings (SSSR count). The molecule has 0 unspecified atom stereocenters. The van der Waals surface area contributed by atoms with Crippen LogP contribution in [-0.2, 0) is 4.79 Å². The Balaban J connectivity index is 2.30. The average Bonchev–Trinajstić information content (AvgIpc) is 3.11. The number of hydrogen-bond acceptors (Lipinski definition) is 3. The zero-order valence-corrected chi connectivity index (χ0v) is 11.0. The minimum atomic E-state index is -0.483. The number of nitrogens with zero attached hydrogens (tertiary/aromatic N) is 1. The van der Waals surface area contributed by atoms with E-state index in [0.29, 0.717) is 17.2 Å². The molecule has 1 aromatic rings. The van der Waals surface area contributed by atoms with Crippen LogP contribution in [0.15, 0.2) is 12.3 Å². The van der Waals surface area contributed by atoms with E-state index in [1.165, 1.54) is 0 Å². The van der Waals surface area contributed by atoms with Crippen LogP contribution in [0.4, 0.5) is 5.69 Å². The van der Waals surface area contributed by atoms with Crippen molar-refractivity contribution in [2.24, 2.45) is 5.41 Å². The molecule has 1 saturated carbocycles. The number of amides is 1. The molecular formula is C14H18N2O2. The number of hydrogen-bond donors (Lipinski definition) is 1. The van der Waals surface area contributed by atoms with E-state index in [1.54, 1.807) is 12.3 Å². The van der Waals surface area contributed by atoms with E-state index in [2.05, 4.69) is 10.3 Å². The molecule has 4 nitrogen and oxygen atoms in total. The van der Waals surface area contributed by atoms with Crippen molar-refractivity contribution >= 4 is 17.9 Å². The fourth-order valence-corrected chi connectivity index (χ4v) is 1.71. The Morgan fingerprint density at radius 2 is 2.11 bits per heavy atom. The highest BCUT2D eigenvalue weighted by molar-refractivity contribution is 5.99. The van der Waals surface area contributed by atoms with Crippen LogP contribution in [0, 0.1) is 5.41 Å². The first kappa shape index (κ1) is 12.7. The van der Waals surface area contributed by atoms with E-state index in [9.17, 15) is 9.59 Å². The van der Waals surface area contributed by atoms with E-state index >= 15 is 0 Å². The summed E-state index contributed by atoms with van der Waals surface area (Å²) in [5.41, 5.74) is 1.43. The van der Waals surface area contributed by atoms with Crippen LogP contribution in [0.1, 0.15) is 55.6 Å². The summed E-state index contributed by atoms with van der Waals surface area (Å²) in [6, 6.07) is 1.68. The summed E-state index contributed by atoms with van der Waals surface area (Å²) in [5.74, 6) is 0.287. The van der Waals surface area contributed by atoms with Crippen molar-refractivity contribution in [3.05, 3.63) is 23.5 Å². The van der Waals surface area contributed by atoms with Gasteiger partial charge in [-0.25, -0.2) is 0 Å². The van der Waals surface area contributed by atoms with Crippen LogP contribution >= 0.6 is 0 Å². The van der Waals surface area contributed by atoms with E-state index in [1.807, 2.05) is 20.8 Å². The topological polar surface area (TPSA) is 59.1 Å². The SMILES string of the molecule is CC(C)(C)C(=O)Nc1ccnc(C2CC2)c1C=O. The number of anilines is 1. The Bertz CT molecular complexity index is 485. The third-order valence-electron chi connectivity index (χ3n) is 3.03. The van der Waals surface area contributed by atoms with Crippen LogP contribution in [0.5, 0.6) is 0 Å². The van der Waals surface area contributed by atoms with Gasteiger partial charge in [0.25, 0.3) is 0 Å². The summed E-state index contributed by atoms with van der Waals surface area (Å²) in [6.45, 7) is 5.52. The number of aldehydes is 1. The summed E-state index contributed by atoms with van der Waals surface area (Å²) in [5, 5.41) is 2.81. The summed E-state index contributed by atoms with van der Waals surface area (Å²) in [6.07, 6.45) is 4.59. The Hall–Kier alpha value is -1.71. The number of rotatable bonds is 3. The molecule has 1 aliphatic rings. The van der Waals surface area contributed by atoms with E-state index in [0.717, 1.165) is 24.8 Å². The fourth-order valence-electron chi connectivity index (χ4n) is 1.71. The minimum Gasteiger partial charge on any atom is -0.325 e. The third-order valence-corrected chi connectivity index (χ3v) is 3.03. The highest BCUT2D eigenvalue weighted by atomic mass is 16.2. The lowest BCUT2D eigenvalue weighted by molar-refractivity contribution is -0.123. The minimum absolute atomic E-state index is 0.0986. The fraction of sp³-hybridized carbons (Fsp3) is 0.500. The van der Waals surface area contributed by atoms with Gasteiger partial charge in [0, 0.05) is 17.5 Å². The molecule has 0 bridgehead atoms. The summed E-state index contributed by atoms with van der Waals surface area (Å²) >= 11 is 0. The van der Waals surface area contributed by atoms with Crippen LogP contribution in [-0.4, -0.2) is 17.2 Å². The molecule has 0 aliphatic heterocycles. The number of aromatic nitrogens is 1. The van der Waals surface area contributed by atoms with E-state index in [-0.39, 0.29) is 5.91 Å². The normalized spacial score (nSPS) is 15.3. The zero-order valence-electron chi connectivity index (χ0n) is 11.0. The maximum Gasteiger partial charge on any atom is 0.229 e. The lowest BCUT2D eigenvalue weighted by atomic mass is 9.95. The Kier molecular flexibility index (Phi) is 3.20. The van der Waals surface area contributed by atoms with Crippen molar-refractivity contribution < 1.29 is 9.59 Å². The van der Waals surface area contributed by atoms with Gasteiger partial charge in [-0.1, -0.05) is 20.8 Å². The second-order valence-corrected chi connectivity index (χ2v) is 5.75. The molecular weight excluding hydrogens is 228 g/mol. The van der Waals surface area contributed by atoms with Crippen molar-refractivity contribution in [3.63, 3.8) is 0 Å². The first-order chi connectivity index (χ1) is 8.43. The highest BCUT2D eigenvalue weighted by Gasteiger charge is 2.29. The molecule has 0 spiro atoms. The van der Waals surface area contributed by atoms with Gasteiger partial charge in [0.05, 0.1) is 16.9 Å². The molecule has 0 aromatic carbocycles. The molecule has 96 valence electrons. The molecule has 1 heterocycles. The molecule has 1 fully saturated rings. The predicted octanol–water partition coefficient (Wildman–Crippen LogP) is 2.76. The Morgan fingerprint density at radius 3 is 2.61 bits per heavy atom. The van der Waals surface area contributed by atoms with Crippen molar-refractivity contribution in [2.45, 2.75) is 39.5 Å². The summed E-state index contributed by atoms with van der Waals surface area (Å²) < 4.78 is 0. The van der Waals surface area contributed by atoms with Gasteiger partial charge in [-0.3, -0.25) is 14.6 Å². The molecule has 4 heteroatoms. The quantitative estimate of drug-likeness (QED) is 0.834. The Labute approximate surface area is 107 Å². The molecule has 1 amide bonds. The molecule has 18 heavy (non-hydrogen) atoms. The Morgan fingerprint density at radius 1 is 1.44 bits per heavy atom. The van der Waals surface area contributed by atoms with Crippen LogP contribution in [0.25, 0.3) is 0 Å². The van der Waals surface area contributed by atoms with Gasteiger partial charge < -0.3 is 5.32 Å². The largest absolute Gasteiger partial charge is 0.325 e. The highest BCUT2D eigenvalue weighted by Crippen LogP contribution is 2.41. The van der Waals surface area contributed by atoms with E-state index in [4.69, 9.17) is 0 Å². The molecule has 1 aromatic heterocycles. The van der Waals surface area contributed by atoms with Crippen molar-refractivity contribution in [2.75, 3.05) is 5.32 Å². The summed E-state index contributed by atoms with van der Waals surface area (Å²) in [7, 11) is 0. The van der Waals surface area contributed by atoms with Crippen molar-refractivity contribution in [1.29, 1.82) is 0 Å². The van der Waals surface area contributed by atoms with Gasteiger partial charge >= 0.3 is 0 Å². The predicted molar refractivity (Wildman–Crippen MR) is 69.7 cm³/mol. The number of carbonyl (C=O) groups is 2. The molecule has 1 N–H and O–H groups in total. The van der Waals surface area contributed by atoms with Gasteiger partial charge in [-0.2, -0.15) is 0 Å². The lowest BCUT2D eigenvalue weighted by Gasteiger charge is -2.19. The number of nitrogens with one attached hydrogen (secondary N) is 1. The standard InChI is InChI=1S/C14H18N2O2/c1-14(2,3)13(18)16-11-6-7-15-12(9-4-5-9)10(11)8-17/h6-9H,4-5H2,1-3H3,(H,15,16,18). The van der Waals surface area contributed by atoms with Gasteiger partial charge in [-0.05, 0) is 18.9 Å².